The van der Waals surface area contributed by atoms with Crippen molar-refractivity contribution in [2.45, 2.75) is 25.3 Å². The van der Waals surface area contributed by atoms with Gasteiger partial charge in [0.1, 0.15) is 11.6 Å². The van der Waals surface area contributed by atoms with Crippen LogP contribution in [0.3, 0.4) is 0 Å². The zero-order valence-corrected chi connectivity index (χ0v) is 13.4. The Morgan fingerprint density at radius 2 is 2.00 bits per heavy atom. The van der Waals surface area contributed by atoms with E-state index in [1.165, 1.54) is 10.2 Å². The molecule has 0 fully saturated rings. The molecule has 1 aliphatic heterocycles. The van der Waals surface area contributed by atoms with E-state index in [0.717, 1.165) is 24.4 Å². The third-order valence-corrected chi connectivity index (χ3v) is 4.51. The number of aromatic nitrogens is 4. The molecule has 1 aliphatic rings. The van der Waals surface area contributed by atoms with Crippen LogP contribution in [-0.2, 0) is 13.0 Å². The fraction of sp³-hybridized carbons (Fsp3) is 0.278. The third kappa shape index (κ3) is 2.50. The average Bonchev–Trinajstić information content (AvgIpc) is 2.99. The maximum absolute atomic E-state index is 12.7. The maximum Gasteiger partial charge on any atom is 0.352 e. The highest BCUT2D eigenvalue weighted by Gasteiger charge is 2.25. The van der Waals surface area contributed by atoms with Gasteiger partial charge in [0.15, 0.2) is 5.82 Å². The Morgan fingerprint density at radius 3 is 2.71 bits per heavy atom. The van der Waals surface area contributed by atoms with Crippen LogP contribution in [0.4, 0.5) is 0 Å². The molecule has 122 valence electrons. The number of benzene rings is 1. The summed E-state index contributed by atoms with van der Waals surface area (Å²) < 4.78 is 8.37. The fourth-order valence-corrected chi connectivity index (χ4v) is 3.20. The van der Waals surface area contributed by atoms with Crippen molar-refractivity contribution in [2.75, 3.05) is 7.11 Å². The van der Waals surface area contributed by atoms with E-state index in [-0.39, 0.29) is 5.69 Å². The molecule has 0 saturated heterocycles. The number of ether oxygens (including phenoxy) is 1. The number of pyridine rings is 1. The first kappa shape index (κ1) is 14.7. The molecular formula is C18H18N4O2. The van der Waals surface area contributed by atoms with Crippen LogP contribution in [0.5, 0.6) is 5.75 Å². The summed E-state index contributed by atoms with van der Waals surface area (Å²) in [4.78, 5) is 16.9. The van der Waals surface area contributed by atoms with Gasteiger partial charge in [-0.05, 0) is 36.2 Å². The largest absolute Gasteiger partial charge is 0.497 e. The van der Waals surface area contributed by atoms with Gasteiger partial charge < -0.3 is 4.74 Å². The lowest BCUT2D eigenvalue weighted by Crippen LogP contribution is -2.29. The number of aryl methyl sites for hydroxylation is 1. The van der Waals surface area contributed by atoms with E-state index in [0.29, 0.717) is 18.3 Å². The first-order valence-corrected chi connectivity index (χ1v) is 8.00. The summed E-state index contributed by atoms with van der Waals surface area (Å²) in [5, 5.41) is 4.46. The molecule has 2 aromatic heterocycles. The van der Waals surface area contributed by atoms with Crippen molar-refractivity contribution in [1.82, 2.24) is 19.3 Å². The second-order valence-corrected chi connectivity index (χ2v) is 5.92. The molecule has 0 bridgehead atoms. The molecule has 1 atom stereocenters. The highest BCUT2D eigenvalue weighted by molar-refractivity contribution is 5.30. The quantitative estimate of drug-likeness (QED) is 0.741. The van der Waals surface area contributed by atoms with Gasteiger partial charge in [-0.25, -0.2) is 9.78 Å². The molecule has 24 heavy (non-hydrogen) atoms. The van der Waals surface area contributed by atoms with Crippen LogP contribution in [0.25, 0.3) is 5.82 Å². The molecule has 0 spiro atoms. The van der Waals surface area contributed by atoms with Gasteiger partial charge in [-0.2, -0.15) is 4.68 Å². The van der Waals surface area contributed by atoms with Gasteiger partial charge in [-0.1, -0.05) is 18.2 Å². The van der Waals surface area contributed by atoms with E-state index in [1.807, 2.05) is 24.3 Å². The molecule has 0 saturated carbocycles. The Labute approximate surface area is 139 Å². The summed E-state index contributed by atoms with van der Waals surface area (Å²) in [5.74, 6) is 2.54. The van der Waals surface area contributed by atoms with Crippen LogP contribution in [-0.4, -0.2) is 26.4 Å². The van der Waals surface area contributed by atoms with Gasteiger partial charge >= 0.3 is 5.69 Å². The van der Waals surface area contributed by atoms with E-state index in [4.69, 9.17) is 4.74 Å². The predicted molar refractivity (Wildman–Crippen MR) is 89.7 cm³/mol. The summed E-state index contributed by atoms with van der Waals surface area (Å²) in [6.45, 7) is 0.646. The Balaban J connectivity index is 1.65. The Bertz CT molecular complexity index is 897. The Morgan fingerprint density at radius 1 is 1.17 bits per heavy atom. The Kier molecular flexibility index (Phi) is 3.65. The summed E-state index contributed by atoms with van der Waals surface area (Å²) >= 11 is 0. The molecule has 0 aliphatic carbocycles. The van der Waals surface area contributed by atoms with Crippen molar-refractivity contribution < 1.29 is 4.74 Å². The predicted octanol–water partition coefficient (Wildman–Crippen LogP) is 2.17. The fourth-order valence-electron chi connectivity index (χ4n) is 3.20. The molecule has 3 aromatic rings. The highest BCUT2D eigenvalue weighted by atomic mass is 16.5. The van der Waals surface area contributed by atoms with Crippen LogP contribution in [0.2, 0.25) is 0 Å². The van der Waals surface area contributed by atoms with E-state index in [9.17, 15) is 4.79 Å². The second-order valence-electron chi connectivity index (χ2n) is 5.92. The molecular weight excluding hydrogens is 304 g/mol. The number of fused-ring (bicyclic) bond motifs is 1. The molecule has 1 aromatic carbocycles. The van der Waals surface area contributed by atoms with Crippen LogP contribution >= 0.6 is 0 Å². The minimum Gasteiger partial charge on any atom is -0.497 e. The Hall–Kier alpha value is -2.89. The van der Waals surface area contributed by atoms with Crippen LogP contribution in [0, 0.1) is 0 Å². The zero-order chi connectivity index (χ0) is 16.5. The molecule has 0 amide bonds. The topological polar surface area (TPSA) is 61.9 Å². The van der Waals surface area contributed by atoms with Gasteiger partial charge in [0.05, 0.1) is 7.11 Å². The highest BCUT2D eigenvalue weighted by Crippen LogP contribution is 2.28. The lowest BCUT2D eigenvalue weighted by Gasteiger charge is -2.22. The van der Waals surface area contributed by atoms with E-state index < -0.39 is 0 Å². The zero-order valence-electron chi connectivity index (χ0n) is 13.4. The second kappa shape index (κ2) is 5.96. The van der Waals surface area contributed by atoms with Gasteiger partial charge in [0.2, 0.25) is 0 Å². The van der Waals surface area contributed by atoms with Crippen molar-refractivity contribution in [3.63, 3.8) is 0 Å². The van der Waals surface area contributed by atoms with Crippen molar-refractivity contribution in [3.05, 3.63) is 70.5 Å². The van der Waals surface area contributed by atoms with Gasteiger partial charge in [0.25, 0.3) is 0 Å². The maximum atomic E-state index is 12.7. The average molecular weight is 322 g/mol. The third-order valence-electron chi connectivity index (χ3n) is 4.51. The van der Waals surface area contributed by atoms with Gasteiger partial charge in [-0.15, -0.1) is 5.10 Å². The lowest BCUT2D eigenvalue weighted by atomic mass is 9.91. The summed E-state index contributed by atoms with van der Waals surface area (Å²) in [7, 11) is 1.66. The van der Waals surface area contributed by atoms with Crippen molar-refractivity contribution in [3.8, 4) is 11.6 Å². The van der Waals surface area contributed by atoms with Crippen LogP contribution < -0.4 is 10.4 Å². The number of hydrogen-bond acceptors (Lipinski definition) is 4. The normalized spacial score (nSPS) is 16.6. The first-order valence-electron chi connectivity index (χ1n) is 8.00. The number of rotatable bonds is 3. The molecule has 0 N–H and O–H groups in total. The molecule has 1 unspecified atom stereocenters. The van der Waals surface area contributed by atoms with E-state index in [1.54, 1.807) is 23.9 Å². The number of hydrogen-bond donors (Lipinski definition) is 0. The lowest BCUT2D eigenvalue weighted by molar-refractivity contribution is 0.413. The monoisotopic (exact) mass is 322 g/mol. The standard InChI is InChI=1S/C18H18N4O2/c1-24-15-8-5-13(6-9-15)14-7-10-17-20-22(18(23)21(17)12-14)16-4-2-3-11-19-16/h2-6,8-9,11,14H,7,10,12H2,1H3. The smallest absolute Gasteiger partial charge is 0.352 e. The molecule has 3 heterocycles. The number of methoxy groups -OCH3 is 1. The van der Waals surface area contributed by atoms with Crippen LogP contribution in [0.15, 0.2) is 53.5 Å². The number of nitrogens with zero attached hydrogens (tertiary/aromatic N) is 4. The minimum atomic E-state index is -0.123. The summed E-state index contributed by atoms with van der Waals surface area (Å²) in [6.07, 6.45) is 3.43. The van der Waals surface area contributed by atoms with Gasteiger partial charge in [-0.3, -0.25) is 4.57 Å². The van der Waals surface area contributed by atoms with Crippen molar-refractivity contribution >= 4 is 0 Å². The van der Waals surface area contributed by atoms with Gasteiger partial charge in [0, 0.05) is 25.1 Å². The van der Waals surface area contributed by atoms with E-state index >= 15 is 0 Å². The minimum absolute atomic E-state index is 0.123. The molecule has 4 rings (SSSR count). The first-order chi connectivity index (χ1) is 11.8. The van der Waals surface area contributed by atoms with Crippen LogP contribution in [0.1, 0.15) is 23.7 Å². The molecule has 6 nitrogen and oxygen atoms in total. The molecule has 0 radical (unpaired) electrons. The van der Waals surface area contributed by atoms with E-state index in [2.05, 4.69) is 22.2 Å². The molecule has 6 heteroatoms. The van der Waals surface area contributed by atoms with Crippen molar-refractivity contribution in [1.29, 1.82) is 0 Å². The van der Waals surface area contributed by atoms with Crippen molar-refractivity contribution in [2.24, 2.45) is 0 Å². The summed E-state index contributed by atoms with van der Waals surface area (Å²) in [5.41, 5.74) is 1.10. The summed E-state index contributed by atoms with van der Waals surface area (Å²) in [6, 6.07) is 13.5. The SMILES string of the molecule is COc1ccc(C2CCc3nn(-c4ccccn4)c(=O)n3C2)cc1.